The Kier molecular flexibility index (Phi) is 6.50. The highest BCUT2D eigenvalue weighted by molar-refractivity contribution is 7.07. The Bertz CT molecular complexity index is 973. The topological polar surface area (TPSA) is 58.6 Å². The van der Waals surface area contributed by atoms with Gasteiger partial charge in [-0.05, 0) is 37.1 Å². The minimum absolute atomic E-state index is 0.156. The van der Waals surface area contributed by atoms with E-state index in [1.807, 2.05) is 54.9 Å². The molecule has 0 aliphatic carbocycles. The summed E-state index contributed by atoms with van der Waals surface area (Å²) in [6, 6.07) is 13.9. The van der Waals surface area contributed by atoms with Gasteiger partial charge in [0.1, 0.15) is 12.4 Å². The molecule has 0 unspecified atom stereocenters. The molecule has 8 heteroatoms. The number of carbonyl (C=O) groups excluding carboxylic acids is 1. The van der Waals surface area contributed by atoms with Crippen molar-refractivity contribution in [2.45, 2.75) is 25.5 Å². The van der Waals surface area contributed by atoms with Crippen LogP contribution in [0, 0.1) is 0 Å². The fraction of sp³-hybridized carbons (Fsp3) is 0.318. The zero-order chi connectivity index (χ0) is 20.9. The standard InChI is InChI=1S/C22H23ClN4O2S/c1-26(22(28)29-13-18-14-30-15-24-18)19-9-11-27(12-10-19)21-4-2-3-20(25-21)16-5-7-17(23)8-6-16/h2-8,14-15,19H,9-13H2,1H3. The van der Waals surface area contributed by atoms with E-state index < -0.39 is 0 Å². The molecule has 1 fully saturated rings. The summed E-state index contributed by atoms with van der Waals surface area (Å²) in [5.74, 6) is 0.953. The lowest BCUT2D eigenvalue weighted by molar-refractivity contribution is 0.0854. The molecule has 0 N–H and O–H groups in total. The molecule has 0 saturated carbocycles. The second kappa shape index (κ2) is 9.45. The number of halogens is 1. The van der Waals surface area contributed by atoms with Crippen LogP contribution in [0.25, 0.3) is 11.3 Å². The monoisotopic (exact) mass is 442 g/mol. The molecule has 4 rings (SSSR count). The van der Waals surface area contributed by atoms with E-state index in [0.29, 0.717) is 5.02 Å². The normalized spacial score (nSPS) is 14.5. The third kappa shape index (κ3) is 4.91. The largest absolute Gasteiger partial charge is 0.443 e. The minimum atomic E-state index is -0.302. The molecular weight excluding hydrogens is 420 g/mol. The summed E-state index contributed by atoms with van der Waals surface area (Å²) < 4.78 is 5.38. The maximum absolute atomic E-state index is 12.4. The van der Waals surface area contributed by atoms with E-state index in [0.717, 1.165) is 48.7 Å². The molecule has 1 amide bonds. The lowest BCUT2D eigenvalue weighted by Gasteiger charge is -2.36. The van der Waals surface area contributed by atoms with Gasteiger partial charge in [0.25, 0.3) is 0 Å². The fourth-order valence-corrected chi connectivity index (χ4v) is 4.23. The predicted molar refractivity (Wildman–Crippen MR) is 120 cm³/mol. The second-order valence-electron chi connectivity index (χ2n) is 7.25. The van der Waals surface area contributed by atoms with Gasteiger partial charge < -0.3 is 14.5 Å². The molecule has 30 heavy (non-hydrogen) atoms. The van der Waals surface area contributed by atoms with E-state index in [1.165, 1.54) is 11.3 Å². The molecular formula is C22H23ClN4O2S. The predicted octanol–water partition coefficient (Wildman–Crippen LogP) is 5.10. The number of hydrogen-bond acceptors (Lipinski definition) is 6. The molecule has 1 aliphatic rings. The summed E-state index contributed by atoms with van der Waals surface area (Å²) >= 11 is 7.48. The van der Waals surface area contributed by atoms with Crippen LogP contribution in [0.3, 0.4) is 0 Å². The Morgan fingerprint density at radius 1 is 1.23 bits per heavy atom. The maximum atomic E-state index is 12.4. The number of thiazole rings is 1. The first-order valence-electron chi connectivity index (χ1n) is 9.85. The van der Waals surface area contributed by atoms with Crippen LogP contribution in [0.1, 0.15) is 18.5 Å². The Labute approximate surface area is 185 Å². The van der Waals surface area contributed by atoms with Crippen molar-refractivity contribution < 1.29 is 9.53 Å². The fourth-order valence-electron chi connectivity index (χ4n) is 3.56. The number of nitrogens with zero attached hydrogens (tertiary/aromatic N) is 4. The van der Waals surface area contributed by atoms with Crippen molar-refractivity contribution in [1.29, 1.82) is 0 Å². The van der Waals surface area contributed by atoms with Crippen molar-refractivity contribution in [2.75, 3.05) is 25.0 Å². The molecule has 1 aliphatic heterocycles. The Hall–Kier alpha value is -2.64. The van der Waals surface area contributed by atoms with Crippen molar-refractivity contribution >= 4 is 34.8 Å². The van der Waals surface area contributed by atoms with Crippen molar-refractivity contribution in [3.05, 3.63) is 64.1 Å². The van der Waals surface area contributed by atoms with Crippen LogP contribution in [0.2, 0.25) is 5.02 Å². The third-order valence-corrected chi connectivity index (χ3v) is 6.21. The van der Waals surface area contributed by atoms with Gasteiger partial charge >= 0.3 is 6.09 Å². The van der Waals surface area contributed by atoms with Gasteiger partial charge in [0.15, 0.2) is 0 Å². The molecule has 3 heterocycles. The lowest BCUT2D eigenvalue weighted by Crippen LogP contribution is -2.46. The van der Waals surface area contributed by atoms with E-state index in [1.54, 1.807) is 10.4 Å². The molecule has 6 nitrogen and oxygen atoms in total. The molecule has 2 aromatic heterocycles. The van der Waals surface area contributed by atoms with E-state index >= 15 is 0 Å². The number of piperidine rings is 1. The average Bonchev–Trinajstić information content (AvgIpc) is 3.31. The zero-order valence-electron chi connectivity index (χ0n) is 16.7. The van der Waals surface area contributed by atoms with Crippen molar-refractivity contribution in [3.63, 3.8) is 0 Å². The Morgan fingerprint density at radius 2 is 2.00 bits per heavy atom. The molecule has 0 atom stereocenters. The molecule has 1 saturated heterocycles. The Balaban J connectivity index is 1.33. The molecule has 3 aromatic rings. The minimum Gasteiger partial charge on any atom is -0.443 e. The van der Waals surface area contributed by atoms with Gasteiger partial charge in [-0.3, -0.25) is 0 Å². The number of amides is 1. The van der Waals surface area contributed by atoms with Gasteiger partial charge in [-0.1, -0.05) is 29.8 Å². The molecule has 156 valence electrons. The summed E-state index contributed by atoms with van der Waals surface area (Å²) in [4.78, 5) is 25.3. The third-order valence-electron chi connectivity index (χ3n) is 5.33. The van der Waals surface area contributed by atoms with Crippen LogP contribution in [0.15, 0.2) is 53.4 Å². The SMILES string of the molecule is CN(C(=O)OCc1cscn1)C1CCN(c2cccc(-c3ccc(Cl)cc3)n2)CC1. The second-order valence-corrected chi connectivity index (χ2v) is 8.41. The lowest BCUT2D eigenvalue weighted by atomic mass is 10.0. The first kappa shape index (κ1) is 20.6. The number of anilines is 1. The van der Waals surface area contributed by atoms with Crippen molar-refractivity contribution in [2.24, 2.45) is 0 Å². The summed E-state index contributed by atoms with van der Waals surface area (Å²) in [5, 5.41) is 2.60. The highest BCUT2D eigenvalue weighted by Gasteiger charge is 2.27. The van der Waals surface area contributed by atoms with Crippen molar-refractivity contribution in [1.82, 2.24) is 14.9 Å². The summed E-state index contributed by atoms with van der Waals surface area (Å²) in [7, 11) is 1.81. The van der Waals surface area contributed by atoms with Gasteiger partial charge in [0.2, 0.25) is 0 Å². The summed E-state index contributed by atoms with van der Waals surface area (Å²) in [6.07, 6.45) is 1.44. The highest BCUT2D eigenvalue weighted by Crippen LogP contribution is 2.25. The summed E-state index contributed by atoms with van der Waals surface area (Å²) in [6.45, 7) is 1.89. The molecule has 0 radical (unpaired) electrons. The van der Waals surface area contributed by atoms with E-state index in [4.69, 9.17) is 21.3 Å². The maximum Gasteiger partial charge on any atom is 0.410 e. The highest BCUT2D eigenvalue weighted by atomic mass is 35.5. The van der Waals surface area contributed by atoms with E-state index in [2.05, 4.69) is 9.88 Å². The number of aromatic nitrogens is 2. The zero-order valence-corrected chi connectivity index (χ0v) is 18.3. The molecule has 1 aromatic carbocycles. The van der Waals surface area contributed by atoms with Crippen LogP contribution in [0.4, 0.5) is 10.6 Å². The van der Waals surface area contributed by atoms with E-state index in [9.17, 15) is 4.79 Å². The van der Waals surface area contributed by atoms with Gasteiger partial charge in [-0.15, -0.1) is 11.3 Å². The number of rotatable bonds is 5. The number of pyridine rings is 1. The average molecular weight is 443 g/mol. The van der Waals surface area contributed by atoms with Gasteiger partial charge in [-0.25, -0.2) is 14.8 Å². The van der Waals surface area contributed by atoms with Gasteiger partial charge in [-0.2, -0.15) is 0 Å². The van der Waals surface area contributed by atoms with Gasteiger partial charge in [0.05, 0.1) is 16.9 Å². The quantitative estimate of drug-likeness (QED) is 0.550. The van der Waals surface area contributed by atoms with Crippen LogP contribution >= 0.6 is 22.9 Å². The smallest absolute Gasteiger partial charge is 0.410 e. The number of ether oxygens (including phenoxy) is 1. The first-order chi connectivity index (χ1) is 14.6. The van der Waals surface area contributed by atoms with Crippen LogP contribution in [-0.2, 0) is 11.3 Å². The Morgan fingerprint density at radius 3 is 2.70 bits per heavy atom. The number of benzene rings is 1. The molecule has 0 spiro atoms. The van der Waals surface area contributed by atoms with Gasteiger partial charge in [0, 0.05) is 42.1 Å². The molecule has 0 bridgehead atoms. The van der Waals surface area contributed by atoms with Crippen LogP contribution in [-0.4, -0.2) is 47.1 Å². The van der Waals surface area contributed by atoms with Crippen LogP contribution < -0.4 is 4.90 Å². The number of carbonyl (C=O) groups is 1. The summed E-state index contributed by atoms with van der Waals surface area (Å²) in [5.41, 5.74) is 4.48. The van der Waals surface area contributed by atoms with Crippen LogP contribution in [0.5, 0.6) is 0 Å². The first-order valence-corrected chi connectivity index (χ1v) is 11.2. The van der Waals surface area contributed by atoms with E-state index in [-0.39, 0.29) is 18.7 Å². The number of hydrogen-bond donors (Lipinski definition) is 0. The van der Waals surface area contributed by atoms with Crippen molar-refractivity contribution in [3.8, 4) is 11.3 Å².